The van der Waals surface area contributed by atoms with Gasteiger partial charge in [0.25, 0.3) is 11.6 Å². The second kappa shape index (κ2) is 7.88. The van der Waals surface area contributed by atoms with Gasteiger partial charge in [-0.1, -0.05) is 0 Å². The minimum absolute atomic E-state index is 0.0771. The van der Waals surface area contributed by atoms with Crippen LogP contribution in [0.5, 0.6) is 5.88 Å². The van der Waals surface area contributed by atoms with Gasteiger partial charge in [0.1, 0.15) is 0 Å². The van der Waals surface area contributed by atoms with E-state index in [9.17, 15) is 20.0 Å². The first-order chi connectivity index (χ1) is 14.0. The summed E-state index contributed by atoms with van der Waals surface area (Å²) < 4.78 is 0. The average molecular weight is 395 g/mol. The number of fused-ring (bicyclic) bond motifs is 1. The number of hydrogen-bond acceptors (Lipinski definition) is 6. The molecular formula is C20H21N5O4. The molecule has 1 aliphatic rings. The van der Waals surface area contributed by atoms with Crippen LogP contribution >= 0.6 is 0 Å². The van der Waals surface area contributed by atoms with Gasteiger partial charge in [0.2, 0.25) is 0 Å². The first-order valence-electron chi connectivity index (χ1n) is 9.49. The minimum Gasteiger partial charge on any atom is -0.494 e. The Morgan fingerprint density at radius 2 is 2.07 bits per heavy atom. The number of hydrogen-bond donors (Lipinski definition) is 3. The number of H-pyrrole nitrogens is 1. The van der Waals surface area contributed by atoms with Crippen molar-refractivity contribution in [3.05, 3.63) is 52.2 Å². The van der Waals surface area contributed by atoms with Gasteiger partial charge in [-0.05, 0) is 44.1 Å². The molecule has 150 valence electrons. The number of nitrogens with one attached hydrogen (secondary N) is 2. The summed E-state index contributed by atoms with van der Waals surface area (Å²) >= 11 is 0. The lowest BCUT2D eigenvalue weighted by Gasteiger charge is -2.14. The van der Waals surface area contributed by atoms with E-state index >= 15 is 0 Å². The molecule has 29 heavy (non-hydrogen) atoms. The lowest BCUT2D eigenvalue weighted by Crippen LogP contribution is -2.33. The largest absolute Gasteiger partial charge is 0.494 e. The van der Waals surface area contributed by atoms with E-state index in [0.29, 0.717) is 34.3 Å². The number of aromatic amines is 1. The van der Waals surface area contributed by atoms with Crippen molar-refractivity contribution in [2.75, 3.05) is 26.2 Å². The molecule has 0 bridgehead atoms. The van der Waals surface area contributed by atoms with E-state index < -0.39 is 4.92 Å². The molecule has 2 aromatic heterocycles. The standard InChI is InChI=1S/C20H21N5O4/c26-19(21-7-10-24-8-1-2-9-24)13-3-5-17(22-12-13)18-15-11-14(25(28)29)4-6-16(15)23-20(18)27/h3-6,11-12,23,27H,1-2,7-10H2,(H,21,26). The molecule has 0 unspecified atom stereocenters. The number of likely N-dealkylation sites (tertiary alicyclic amines) is 1. The highest BCUT2D eigenvalue weighted by Crippen LogP contribution is 2.37. The fourth-order valence-corrected chi connectivity index (χ4v) is 3.65. The van der Waals surface area contributed by atoms with Gasteiger partial charge in [0.05, 0.1) is 21.7 Å². The van der Waals surface area contributed by atoms with Crippen molar-refractivity contribution < 1.29 is 14.8 Å². The van der Waals surface area contributed by atoms with Crippen molar-refractivity contribution in [1.29, 1.82) is 0 Å². The molecule has 9 heteroatoms. The first kappa shape index (κ1) is 18.9. The van der Waals surface area contributed by atoms with E-state index in [1.54, 1.807) is 18.2 Å². The number of benzene rings is 1. The molecule has 0 aliphatic carbocycles. The van der Waals surface area contributed by atoms with Crippen LogP contribution in [0.3, 0.4) is 0 Å². The normalized spacial score (nSPS) is 14.3. The van der Waals surface area contributed by atoms with Gasteiger partial charge >= 0.3 is 0 Å². The Morgan fingerprint density at radius 1 is 1.28 bits per heavy atom. The predicted molar refractivity (Wildman–Crippen MR) is 108 cm³/mol. The van der Waals surface area contributed by atoms with E-state index in [2.05, 4.69) is 20.2 Å². The van der Waals surface area contributed by atoms with Crippen molar-refractivity contribution in [3.8, 4) is 17.1 Å². The molecule has 0 atom stereocenters. The number of pyridine rings is 1. The van der Waals surface area contributed by atoms with Crippen LogP contribution in [-0.4, -0.2) is 57.0 Å². The molecule has 1 amide bonds. The number of nitro benzene ring substituents is 1. The summed E-state index contributed by atoms with van der Waals surface area (Å²) in [5, 5.41) is 24.7. The molecule has 1 fully saturated rings. The molecule has 0 radical (unpaired) electrons. The maximum atomic E-state index is 12.3. The number of nitrogens with zero attached hydrogens (tertiary/aromatic N) is 3. The quantitative estimate of drug-likeness (QED) is 0.435. The van der Waals surface area contributed by atoms with Gasteiger partial charge in [-0.15, -0.1) is 0 Å². The highest BCUT2D eigenvalue weighted by molar-refractivity contribution is 6.00. The molecule has 1 saturated heterocycles. The highest BCUT2D eigenvalue weighted by atomic mass is 16.6. The van der Waals surface area contributed by atoms with E-state index in [1.165, 1.54) is 31.2 Å². The summed E-state index contributed by atoms with van der Waals surface area (Å²) in [7, 11) is 0. The van der Waals surface area contributed by atoms with E-state index in [-0.39, 0.29) is 17.5 Å². The second-order valence-corrected chi connectivity index (χ2v) is 7.07. The van der Waals surface area contributed by atoms with Crippen LogP contribution in [-0.2, 0) is 0 Å². The lowest BCUT2D eigenvalue weighted by molar-refractivity contribution is -0.384. The molecule has 3 aromatic rings. The summed E-state index contributed by atoms with van der Waals surface area (Å²) in [6, 6.07) is 7.55. The second-order valence-electron chi connectivity index (χ2n) is 7.07. The zero-order valence-electron chi connectivity index (χ0n) is 15.7. The number of aromatic nitrogens is 2. The Morgan fingerprint density at radius 3 is 2.76 bits per heavy atom. The molecule has 4 rings (SSSR count). The van der Waals surface area contributed by atoms with Crippen molar-refractivity contribution in [3.63, 3.8) is 0 Å². The molecule has 9 nitrogen and oxygen atoms in total. The van der Waals surface area contributed by atoms with Crippen molar-refractivity contribution in [2.24, 2.45) is 0 Å². The monoisotopic (exact) mass is 395 g/mol. The van der Waals surface area contributed by atoms with Gasteiger partial charge in [0.15, 0.2) is 5.88 Å². The van der Waals surface area contributed by atoms with Gasteiger partial charge in [-0.3, -0.25) is 19.9 Å². The number of nitro groups is 1. The summed E-state index contributed by atoms with van der Waals surface area (Å²) in [6.07, 6.45) is 3.86. The Bertz CT molecular complexity index is 1050. The van der Waals surface area contributed by atoms with E-state index in [4.69, 9.17) is 0 Å². The van der Waals surface area contributed by atoms with Crippen LogP contribution in [0.4, 0.5) is 5.69 Å². The Balaban J connectivity index is 1.51. The fraction of sp³-hybridized carbons (Fsp3) is 0.300. The third kappa shape index (κ3) is 3.90. The van der Waals surface area contributed by atoms with Gasteiger partial charge in [-0.25, -0.2) is 0 Å². The summed E-state index contributed by atoms with van der Waals surface area (Å²) in [4.78, 5) is 32.3. The Labute approximate surface area is 166 Å². The Hall–Kier alpha value is -3.46. The molecule has 3 heterocycles. The summed E-state index contributed by atoms with van der Waals surface area (Å²) in [5.41, 5.74) is 1.69. The number of rotatable bonds is 6. The molecule has 0 spiro atoms. The van der Waals surface area contributed by atoms with Gasteiger partial charge in [-0.2, -0.15) is 0 Å². The van der Waals surface area contributed by atoms with E-state index in [1.807, 2.05) is 0 Å². The van der Waals surface area contributed by atoms with Crippen LogP contribution in [0, 0.1) is 10.1 Å². The van der Waals surface area contributed by atoms with Crippen LogP contribution in [0.2, 0.25) is 0 Å². The fourth-order valence-electron chi connectivity index (χ4n) is 3.65. The number of carbonyl (C=O) groups excluding carboxylic acids is 1. The summed E-state index contributed by atoms with van der Waals surface area (Å²) in [6.45, 7) is 3.57. The van der Waals surface area contributed by atoms with Gasteiger partial charge < -0.3 is 20.3 Å². The zero-order chi connectivity index (χ0) is 20.4. The zero-order valence-corrected chi connectivity index (χ0v) is 15.7. The minimum atomic E-state index is -0.490. The number of amides is 1. The average Bonchev–Trinajstić information content (AvgIpc) is 3.34. The molecular weight excluding hydrogens is 374 g/mol. The third-order valence-corrected chi connectivity index (χ3v) is 5.17. The van der Waals surface area contributed by atoms with Crippen molar-refractivity contribution >= 4 is 22.5 Å². The number of non-ortho nitro benzene ring substituents is 1. The van der Waals surface area contributed by atoms with Crippen molar-refractivity contribution in [2.45, 2.75) is 12.8 Å². The lowest BCUT2D eigenvalue weighted by atomic mass is 10.1. The highest BCUT2D eigenvalue weighted by Gasteiger charge is 2.18. The summed E-state index contributed by atoms with van der Waals surface area (Å²) in [5.74, 6) is -0.335. The topological polar surface area (TPSA) is 124 Å². The third-order valence-electron chi connectivity index (χ3n) is 5.17. The Kier molecular flexibility index (Phi) is 5.13. The predicted octanol–water partition coefficient (Wildman–Crippen LogP) is 2.67. The van der Waals surface area contributed by atoms with Crippen LogP contribution in [0.1, 0.15) is 23.2 Å². The first-order valence-corrected chi connectivity index (χ1v) is 9.49. The SMILES string of the molecule is O=C(NCCN1CCCC1)c1ccc(-c2c(O)[nH]c3ccc([N+](=O)[O-])cc23)nc1. The maximum Gasteiger partial charge on any atom is 0.270 e. The van der Waals surface area contributed by atoms with Crippen LogP contribution < -0.4 is 5.32 Å². The molecule has 1 aromatic carbocycles. The maximum absolute atomic E-state index is 12.3. The number of carbonyl (C=O) groups is 1. The van der Waals surface area contributed by atoms with Crippen molar-refractivity contribution in [1.82, 2.24) is 20.2 Å². The van der Waals surface area contributed by atoms with Crippen LogP contribution in [0.15, 0.2) is 36.5 Å². The smallest absolute Gasteiger partial charge is 0.270 e. The molecule has 3 N–H and O–H groups in total. The number of aromatic hydroxyl groups is 1. The molecule has 1 aliphatic heterocycles. The van der Waals surface area contributed by atoms with Gasteiger partial charge in [0, 0.05) is 42.3 Å². The molecule has 0 saturated carbocycles. The van der Waals surface area contributed by atoms with E-state index in [0.717, 1.165) is 19.6 Å². The van der Waals surface area contributed by atoms with Crippen LogP contribution in [0.25, 0.3) is 22.2 Å².